The largest absolute Gasteiger partial charge is 1.00 e. The van der Waals surface area contributed by atoms with Gasteiger partial charge in [0.25, 0.3) is 0 Å². The van der Waals surface area contributed by atoms with Crippen LogP contribution in [0.4, 0.5) is 0 Å². The molecule has 2 rings (SSSR count). The number of thioether (sulfide) groups is 1. The zero-order valence-corrected chi connectivity index (χ0v) is 14.0. The molecule has 0 aromatic heterocycles. The van der Waals surface area contributed by atoms with Crippen LogP contribution in [0.15, 0.2) is 65.6 Å². The van der Waals surface area contributed by atoms with Gasteiger partial charge in [-0.3, -0.25) is 0 Å². The molecule has 2 aromatic carbocycles. The summed E-state index contributed by atoms with van der Waals surface area (Å²) in [5.41, 5.74) is 1.38. The molecule has 19 heavy (non-hydrogen) atoms. The number of rotatable bonds is 4. The third-order valence-corrected chi connectivity index (χ3v) is 7.42. The monoisotopic (exact) mass is 278 g/mol. The van der Waals surface area contributed by atoms with E-state index in [2.05, 4.69) is 80.3 Å². The molecule has 0 nitrogen and oxygen atoms in total. The second-order valence-corrected chi connectivity index (χ2v) is 11.8. The molecule has 0 unspecified atom stereocenters. The first-order valence-electron chi connectivity index (χ1n) is 6.23. The summed E-state index contributed by atoms with van der Waals surface area (Å²) >= 11 is 1.93. The van der Waals surface area contributed by atoms with Crippen LogP contribution in [0.1, 0.15) is 5.56 Å². The van der Waals surface area contributed by atoms with Crippen LogP contribution in [0, 0.1) is 4.87 Å². The van der Waals surface area contributed by atoms with E-state index in [1.807, 2.05) is 11.8 Å². The van der Waals surface area contributed by atoms with Crippen LogP contribution < -0.4 is 18.9 Å². The van der Waals surface area contributed by atoms with E-state index < -0.39 is 8.07 Å². The van der Waals surface area contributed by atoms with Gasteiger partial charge < -0.3 is 0 Å². The van der Waals surface area contributed by atoms with Gasteiger partial charge in [0, 0.05) is 8.07 Å². The summed E-state index contributed by atoms with van der Waals surface area (Å²) in [6.45, 7) is 7.22. The van der Waals surface area contributed by atoms with Crippen molar-refractivity contribution in [1.82, 2.24) is 0 Å². The molecule has 2 aromatic rings. The van der Waals surface area contributed by atoms with Gasteiger partial charge in [-0.15, -0.1) is 17.0 Å². The molecule has 0 aliphatic carbocycles. The van der Waals surface area contributed by atoms with E-state index in [0.29, 0.717) is 0 Å². The van der Waals surface area contributed by atoms with Crippen molar-refractivity contribution in [3.05, 3.63) is 71.1 Å². The van der Waals surface area contributed by atoms with Crippen molar-refractivity contribution in [2.24, 2.45) is 0 Å². The van der Waals surface area contributed by atoms with Gasteiger partial charge in [-0.1, -0.05) is 43.9 Å². The van der Waals surface area contributed by atoms with Crippen LogP contribution in [-0.4, -0.2) is 8.07 Å². The SMILES string of the molecule is C[Si](C)(C)[C-](Sc1ccccc1)c1ccccc1.[Li+]. The molecule has 94 valence electrons. The van der Waals surface area contributed by atoms with Crippen LogP contribution >= 0.6 is 11.8 Å². The molecular weight excluding hydrogens is 259 g/mol. The Balaban J connectivity index is 0.00000180. The van der Waals surface area contributed by atoms with Crippen LogP contribution in [0.2, 0.25) is 19.6 Å². The van der Waals surface area contributed by atoms with Crippen molar-refractivity contribution >= 4 is 19.8 Å². The van der Waals surface area contributed by atoms with Gasteiger partial charge in [0.15, 0.2) is 0 Å². The van der Waals surface area contributed by atoms with Gasteiger partial charge in [-0.2, -0.15) is 29.5 Å². The molecule has 0 amide bonds. The molecule has 0 saturated carbocycles. The van der Waals surface area contributed by atoms with Crippen LogP contribution in [0.5, 0.6) is 0 Å². The maximum Gasteiger partial charge on any atom is 1.00 e. The Bertz CT molecular complexity index is 479. The zero-order chi connectivity index (χ0) is 13.0. The average molecular weight is 278 g/mol. The minimum Gasteiger partial charge on any atom is -0.180 e. The molecule has 0 N–H and O–H groups in total. The predicted octanol–water partition coefficient (Wildman–Crippen LogP) is 2.24. The molecule has 0 bridgehead atoms. The summed E-state index contributed by atoms with van der Waals surface area (Å²) in [7, 11) is -1.33. The minimum absolute atomic E-state index is 0. The molecule has 0 saturated heterocycles. The van der Waals surface area contributed by atoms with Crippen LogP contribution in [0.25, 0.3) is 0 Å². The minimum atomic E-state index is -1.33. The van der Waals surface area contributed by atoms with Crippen molar-refractivity contribution in [2.45, 2.75) is 24.5 Å². The second-order valence-electron chi connectivity index (χ2n) is 5.36. The van der Waals surface area contributed by atoms with Gasteiger partial charge >= 0.3 is 18.9 Å². The fourth-order valence-electron chi connectivity index (χ4n) is 1.84. The molecule has 3 heteroatoms. The van der Waals surface area contributed by atoms with E-state index in [1.165, 1.54) is 10.5 Å². The Labute approximate surface area is 134 Å². The van der Waals surface area contributed by atoms with E-state index in [9.17, 15) is 0 Å². The first kappa shape index (κ1) is 16.5. The van der Waals surface area contributed by atoms with Gasteiger partial charge in [0.1, 0.15) is 0 Å². The predicted molar refractivity (Wildman–Crippen MR) is 84.4 cm³/mol. The fourth-order valence-corrected chi connectivity index (χ4v) is 5.23. The zero-order valence-electron chi connectivity index (χ0n) is 12.2. The Hall–Kier alpha value is -0.526. The Morgan fingerprint density at radius 1 is 0.789 bits per heavy atom. The molecule has 0 spiro atoms. The maximum absolute atomic E-state index is 2.41. The average Bonchev–Trinajstić information content (AvgIpc) is 2.37. The molecule has 0 aliphatic rings. The smallest absolute Gasteiger partial charge is 0.180 e. The summed E-state index contributed by atoms with van der Waals surface area (Å²) in [6.07, 6.45) is 0. The van der Waals surface area contributed by atoms with E-state index in [4.69, 9.17) is 0 Å². The van der Waals surface area contributed by atoms with Gasteiger partial charge in [-0.05, 0) is 17.0 Å². The maximum atomic E-state index is 2.41. The number of hydrogen-bond donors (Lipinski definition) is 0. The molecule has 0 fully saturated rings. The molecular formula is C16H19LiSSi. The van der Waals surface area contributed by atoms with E-state index in [-0.39, 0.29) is 18.9 Å². The third kappa shape index (κ3) is 4.82. The molecule has 0 heterocycles. The van der Waals surface area contributed by atoms with Crippen LogP contribution in [-0.2, 0) is 0 Å². The van der Waals surface area contributed by atoms with E-state index in [0.717, 1.165) is 0 Å². The molecule has 0 radical (unpaired) electrons. The first-order valence-corrected chi connectivity index (χ1v) is 10.5. The van der Waals surface area contributed by atoms with Crippen molar-refractivity contribution in [3.63, 3.8) is 0 Å². The van der Waals surface area contributed by atoms with E-state index in [1.54, 1.807) is 4.87 Å². The molecule has 0 atom stereocenters. The first-order chi connectivity index (χ1) is 8.57. The number of benzene rings is 2. The summed E-state index contributed by atoms with van der Waals surface area (Å²) in [5.74, 6) is 0. The second kappa shape index (κ2) is 7.31. The van der Waals surface area contributed by atoms with E-state index >= 15 is 0 Å². The van der Waals surface area contributed by atoms with Crippen LogP contribution in [0.3, 0.4) is 0 Å². The number of hydrogen-bond acceptors (Lipinski definition) is 1. The standard InChI is InChI=1S/C16H19SSi.Li/c1-18(2,3)16(14-10-6-4-7-11-14)17-15-12-8-5-9-13-15;/h4-13H,1-3H3;/q-1;+1. The Morgan fingerprint density at radius 2 is 1.26 bits per heavy atom. The molecule has 0 aliphatic heterocycles. The quantitative estimate of drug-likeness (QED) is 0.469. The topological polar surface area (TPSA) is 0 Å². The Morgan fingerprint density at radius 3 is 1.74 bits per heavy atom. The summed E-state index contributed by atoms with van der Waals surface area (Å²) in [5, 5.41) is 0. The van der Waals surface area contributed by atoms with Crippen molar-refractivity contribution < 1.29 is 18.9 Å². The van der Waals surface area contributed by atoms with Gasteiger partial charge in [-0.25, -0.2) is 0 Å². The van der Waals surface area contributed by atoms with Gasteiger partial charge in [0.05, 0.1) is 0 Å². The third-order valence-electron chi connectivity index (χ3n) is 2.68. The summed E-state index contributed by atoms with van der Waals surface area (Å²) in [6, 6.07) is 21.4. The van der Waals surface area contributed by atoms with Crippen molar-refractivity contribution in [2.75, 3.05) is 0 Å². The van der Waals surface area contributed by atoms with Crippen molar-refractivity contribution in [1.29, 1.82) is 0 Å². The summed E-state index contributed by atoms with van der Waals surface area (Å²) < 4.78 is 0. The Kier molecular flexibility index (Phi) is 6.36. The van der Waals surface area contributed by atoms with Gasteiger partial charge in [0.2, 0.25) is 0 Å². The summed E-state index contributed by atoms with van der Waals surface area (Å²) in [4.78, 5) is 2.88. The fraction of sp³-hybridized carbons (Fsp3) is 0.188. The van der Waals surface area contributed by atoms with Crippen molar-refractivity contribution in [3.8, 4) is 0 Å². The normalized spacial score (nSPS) is 10.7.